The highest BCUT2D eigenvalue weighted by atomic mass is 19.4. The summed E-state index contributed by atoms with van der Waals surface area (Å²) >= 11 is 0. The highest BCUT2D eigenvalue weighted by molar-refractivity contribution is 6.07. The third-order valence-electron chi connectivity index (χ3n) is 5.81. The summed E-state index contributed by atoms with van der Waals surface area (Å²) in [5.74, 6) is -2.08. The molecular weight excluding hydrogens is 486 g/mol. The second-order valence-corrected chi connectivity index (χ2v) is 8.29. The first-order valence-corrected chi connectivity index (χ1v) is 11.1. The Labute approximate surface area is 202 Å². The number of nitrogens with zero attached hydrogens (tertiary/aromatic N) is 4. The van der Waals surface area contributed by atoms with Crippen LogP contribution < -0.4 is 20.5 Å². The van der Waals surface area contributed by atoms with E-state index in [9.17, 15) is 22.8 Å². The molecule has 0 bridgehead atoms. The molecule has 0 saturated carbocycles. The molecule has 0 unspecified atom stereocenters. The number of ether oxygens (including phenoxy) is 2. The lowest BCUT2D eigenvalue weighted by molar-refractivity contribution is -0.189. The van der Waals surface area contributed by atoms with E-state index in [1.165, 1.54) is 17.9 Å². The zero-order chi connectivity index (χ0) is 26.2. The van der Waals surface area contributed by atoms with E-state index in [-0.39, 0.29) is 11.6 Å². The maximum atomic E-state index is 15.3. The van der Waals surface area contributed by atoms with Gasteiger partial charge in [0.2, 0.25) is 5.88 Å². The van der Waals surface area contributed by atoms with Crippen molar-refractivity contribution in [3.8, 4) is 17.3 Å². The van der Waals surface area contributed by atoms with E-state index in [1.54, 1.807) is 13.0 Å². The summed E-state index contributed by atoms with van der Waals surface area (Å²) in [6, 6.07) is 3.17. The second kappa shape index (κ2) is 9.63. The fourth-order valence-electron chi connectivity index (χ4n) is 3.81. The highest BCUT2D eigenvalue weighted by Crippen LogP contribution is 2.32. The molecular formula is C23H23F4N5O4. The fourth-order valence-corrected chi connectivity index (χ4v) is 3.81. The standard InChI is InChI=1S/C23H23F4N5O4/c1-12-7-8-28-21(35-3)19(12)29-20(33)14-10-15(24)16(11-17(14)36-13(2)23(25,26)27)32-22(34)31-9-5-4-6-18(31)30-32/h7-8,10-11,13H,4-6,9H2,1-3H3,(H,29,33)/t13-/m0/s1. The molecule has 1 atom stereocenters. The van der Waals surface area contributed by atoms with Crippen LogP contribution in [-0.2, 0) is 13.0 Å². The number of anilines is 1. The van der Waals surface area contributed by atoms with Gasteiger partial charge in [0.1, 0.15) is 28.8 Å². The van der Waals surface area contributed by atoms with Crippen molar-refractivity contribution in [2.75, 3.05) is 12.4 Å². The van der Waals surface area contributed by atoms with Gasteiger partial charge in [0.25, 0.3) is 5.91 Å². The normalized spacial score (nSPS) is 14.2. The van der Waals surface area contributed by atoms with E-state index in [2.05, 4.69) is 15.4 Å². The molecule has 0 fully saturated rings. The molecule has 0 aliphatic carbocycles. The largest absolute Gasteiger partial charge is 0.480 e. The third kappa shape index (κ3) is 4.77. The predicted molar refractivity (Wildman–Crippen MR) is 120 cm³/mol. The average Bonchev–Trinajstić information content (AvgIpc) is 3.16. The zero-order valence-corrected chi connectivity index (χ0v) is 19.6. The van der Waals surface area contributed by atoms with E-state index in [0.717, 1.165) is 30.5 Å². The number of fused-ring (bicyclic) bond motifs is 1. The van der Waals surface area contributed by atoms with Gasteiger partial charge in [0, 0.05) is 25.2 Å². The molecule has 192 valence electrons. The number of halogens is 4. The zero-order valence-electron chi connectivity index (χ0n) is 19.6. The molecule has 0 radical (unpaired) electrons. The van der Waals surface area contributed by atoms with Crippen LogP contribution in [0.5, 0.6) is 11.6 Å². The lowest BCUT2D eigenvalue weighted by Gasteiger charge is -2.21. The summed E-state index contributed by atoms with van der Waals surface area (Å²) in [5, 5.41) is 6.64. The Morgan fingerprint density at radius 1 is 1.25 bits per heavy atom. The van der Waals surface area contributed by atoms with Crippen molar-refractivity contribution in [3.05, 3.63) is 57.6 Å². The number of hydrogen-bond acceptors (Lipinski definition) is 6. The van der Waals surface area contributed by atoms with Crippen molar-refractivity contribution >= 4 is 11.6 Å². The number of alkyl halides is 3. The Hall–Kier alpha value is -3.90. The Kier molecular flexibility index (Phi) is 6.74. The lowest BCUT2D eigenvalue weighted by atomic mass is 10.1. The summed E-state index contributed by atoms with van der Waals surface area (Å²) in [6.07, 6.45) is -3.60. The van der Waals surface area contributed by atoms with Crippen LogP contribution in [0.15, 0.2) is 29.2 Å². The number of pyridine rings is 1. The minimum Gasteiger partial charge on any atom is -0.480 e. The molecule has 13 heteroatoms. The number of hydrogen-bond donors (Lipinski definition) is 1. The molecule has 1 aliphatic heterocycles. The van der Waals surface area contributed by atoms with Crippen LogP contribution in [-0.4, -0.2) is 44.6 Å². The molecule has 2 aromatic heterocycles. The number of aryl methyl sites for hydroxylation is 2. The van der Waals surface area contributed by atoms with E-state index in [1.807, 2.05) is 0 Å². The van der Waals surface area contributed by atoms with Gasteiger partial charge in [-0.2, -0.15) is 17.9 Å². The molecule has 1 aliphatic rings. The van der Waals surface area contributed by atoms with Crippen LogP contribution in [0.1, 0.15) is 41.5 Å². The van der Waals surface area contributed by atoms with Gasteiger partial charge in [0.05, 0.1) is 12.7 Å². The van der Waals surface area contributed by atoms with Gasteiger partial charge in [0.15, 0.2) is 6.10 Å². The Morgan fingerprint density at radius 3 is 2.67 bits per heavy atom. The number of nitrogens with one attached hydrogen (secondary N) is 1. The van der Waals surface area contributed by atoms with Crippen LogP contribution in [0.25, 0.3) is 5.69 Å². The molecule has 36 heavy (non-hydrogen) atoms. The number of aromatic nitrogens is 4. The van der Waals surface area contributed by atoms with Gasteiger partial charge in [-0.05, 0) is 44.4 Å². The number of amides is 1. The summed E-state index contributed by atoms with van der Waals surface area (Å²) in [6.45, 7) is 2.80. The molecule has 0 saturated heterocycles. The van der Waals surface area contributed by atoms with Crippen molar-refractivity contribution in [3.63, 3.8) is 0 Å². The molecule has 9 nitrogen and oxygen atoms in total. The van der Waals surface area contributed by atoms with Crippen LogP contribution in [0.2, 0.25) is 0 Å². The van der Waals surface area contributed by atoms with E-state index >= 15 is 4.39 Å². The Balaban J connectivity index is 1.81. The number of carbonyl (C=O) groups excluding carboxylic acids is 1. The van der Waals surface area contributed by atoms with Gasteiger partial charge >= 0.3 is 11.9 Å². The van der Waals surface area contributed by atoms with Gasteiger partial charge in [-0.1, -0.05) is 0 Å². The molecule has 3 heterocycles. The van der Waals surface area contributed by atoms with Gasteiger partial charge < -0.3 is 14.8 Å². The summed E-state index contributed by atoms with van der Waals surface area (Å²) < 4.78 is 67.5. The van der Waals surface area contributed by atoms with E-state index in [0.29, 0.717) is 30.4 Å². The molecule has 0 spiro atoms. The summed E-state index contributed by atoms with van der Waals surface area (Å²) in [4.78, 5) is 29.9. The second-order valence-electron chi connectivity index (χ2n) is 8.29. The number of rotatable bonds is 6. The first-order valence-electron chi connectivity index (χ1n) is 11.1. The van der Waals surface area contributed by atoms with Crippen molar-refractivity contribution in [2.24, 2.45) is 0 Å². The minimum absolute atomic E-state index is 0.0571. The molecule has 1 amide bonds. The molecule has 4 rings (SSSR count). The SMILES string of the molecule is COc1nccc(C)c1NC(=O)c1cc(F)c(-n2nc3n(c2=O)CCCC3)cc1O[C@@H](C)C(F)(F)F. The van der Waals surface area contributed by atoms with Crippen molar-refractivity contribution in [1.82, 2.24) is 19.3 Å². The number of carbonyl (C=O) groups is 1. The maximum Gasteiger partial charge on any atom is 0.425 e. The van der Waals surface area contributed by atoms with Gasteiger partial charge in [-0.3, -0.25) is 9.36 Å². The van der Waals surface area contributed by atoms with Crippen molar-refractivity contribution in [2.45, 2.75) is 51.9 Å². The minimum atomic E-state index is -4.77. The monoisotopic (exact) mass is 509 g/mol. The maximum absolute atomic E-state index is 15.3. The predicted octanol–water partition coefficient (Wildman–Crippen LogP) is 3.80. The quantitative estimate of drug-likeness (QED) is 0.508. The third-order valence-corrected chi connectivity index (χ3v) is 5.81. The van der Waals surface area contributed by atoms with Crippen LogP contribution in [0, 0.1) is 12.7 Å². The Morgan fingerprint density at radius 2 is 2.00 bits per heavy atom. The summed E-state index contributed by atoms with van der Waals surface area (Å²) in [5.41, 5.74) is -0.880. The van der Waals surface area contributed by atoms with Crippen LogP contribution in [0.4, 0.5) is 23.2 Å². The smallest absolute Gasteiger partial charge is 0.425 e. The van der Waals surface area contributed by atoms with Crippen molar-refractivity contribution < 1.29 is 31.8 Å². The molecule has 1 N–H and O–H groups in total. The van der Waals surface area contributed by atoms with Crippen LogP contribution >= 0.6 is 0 Å². The average molecular weight is 509 g/mol. The summed E-state index contributed by atoms with van der Waals surface area (Å²) in [7, 11) is 1.33. The van der Waals surface area contributed by atoms with Gasteiger partial charge in [-0.15, -0.1) is 5.10 Å². The number of methoxy groups -OCH3 is 1. The van der Waals surface area contributed by atoms with E-state index in [4.69, 9.17) is 9.47 Å². The van der Waals surface area contributed by atoms with Crippen molar-refractivity contribution in [1.29, 1.82) is 0 Å². The lowest BCUT2D eigenvalue weighted by Crippen LogP contribution is -2.32. The first kappa shape index (κ1) is 25.2. The van der Waals surface area contributed by atoms with Gasteiger partial charge in [-0.25, -0.2) is 14.2 Å². The molecule has 3 aromatic rings. The van der Waals surface area contributed by atoms with E-state index < -0.39 is 46.7 Å². The van der Waals surface area contributed by atoms with Crippen LogP contribution in [0.3, 0.4) is 0 Å². The number of benzene rings is 1. The molecule has 1 aromatic carbocycles. The Bertz CT molecular complexity index is 1370. The topological polar surface area (TPSA) is 100 Å². The highest BCUT2D eigenvalue weighted by Gasteiger charge is 2.39. The first-order chi connectivity index (χ1) is 17.0. The fraction of sp³-hybridized carbons (Fsp3) is 0.391.